The smallest absolute Gasteiger partial charge is 0.0916 e. The first-order chi connectivity index (χ1) is 11.3. The van der Waals surface area contributed by atoms with Gasteiger partial charge in [-0.25, -0.2) is 0 Å². The van der Waals surface area contributed by atoms with Gasteiger partial charge >= 0.3 is 0 Å². The summed E-state index contributed by atoms with van der Waals surface area (Å²) < 4.78 is 0. The normalized spacial score (nSPS) is 18.0. The Kier molecular flexibility index (Phi) is 5.75. The van der Waals surface area contributed by atoms with Crippen LogP contribution in [0.15, 0.2) is 54.9 Å². The Morgan fingerprint density at radius 1 is 0.913 bits per heavy atom. The molecular weight excluding hydrogens is 286 g/mol. The number of nitrogens with zero attached hydrogens (tertiary/aromatic N) is 3. The molecule has 1 N–H and O–H groups in total. The summed E-state index contributed by atoms with van der Waals surface area (Å²) in [6.45, 7) is 6.03. The minimum absolute atomic E-state index is 0.389. The molecule has 1 fully saturated rings. The van der Waals surface area contributed by atoms with Crippen LogP contribution in [0, 0.1) is 0 Å². The fraction of sp³-hybridized carbons (Fsp3) is 0.421. The minimum atomic E-state index is -0.389. The van der Waals surface area contributed by atoms with E-state index in [2.05, 4.69) is 26.9 Å². The van der Waals surface area contributed by atoms with Crippen LogP contribution < -0.4 is 0 Å². The molecule has 1 aliphatic heterocycles. The molecule has 0 spiro atoms. The topological polar surface area (TPSA) is 39.6 Å². The molecule has 1 aromatic carbocycles. The summed E-state index contributed by atoms with van der Waals surface area (Å²) in [5.74, 6) is 0. The standard InChI is InChI=1S/C19H25N3O/c23-19(18-4-2-1-3-5-18)16-22-14-12-21(13-15-22)11-8-17-6-9-20-10-7-17/h1-7,9-10,19,23H,8,11-16H2/t19-/m0/s1. The molecule has 1 atom stereocenters. The Hall–Kier alpha value is -1.75. The average molecular weight is 311 g/mol. The van der Waals surface area contributed by atoms with Gasteiger partial charge in [0.15, 0.2) is 0 Å². The van der Waals surface area contributed by atoms with Crippen molar-refractivity contribution in [2.75, 3.05) is 39.3 Å². The van der Waals surface area contributed by atoms with Crippen LogP contribution in [0.3, 0.4) is 0 Å². The molecule has 1 aromatic heterocycles. The molecule has 0 radical (unpaired) electrons. The zero-order chi connectivity index (χ0) is 15.9. The van der Waals surface area contributed by atoms with Gasteiger partial charge in [-0.05, 0) is 29.7 Å². The first-order valence-corrected chi connectivity index (χ1v) is 8.38. The maximum absolute atomic E-state index is 10.3. The summed E-state index contributed by atoms with van der Waals surface area (Å²) in [6.07, 6.45) is 4.41. The Morgan fingerprint density at radius 2 is 1.57 bits per heavy atom. The van der Waals surface area contributed by atoms with Crippen molar-refractivity contribution in [2.24, 2.45) is 0 Å². The van der Waals surface area contributed by atoms with E-state index in [0.29, 0.717) is 0 Å². The van der Waals surface area contributed by atoms with Crippen LogP contribution in [-0.2, 0) is 6.42 Å². The van der Waals surface area contributed by atoms with Crippen molar-refractivity contribution < 1.29 is 5.11 Å². The molecule has 2 heterocycles. The number of pyridine rings is 1. The van der Waals surface area contributed by atoms with E-state index in [0.717, 1.165) is 51.3 Å². The molecule has 4 nitrogen and oxygen atoms in total. The number of piperazine rings is 1. The number of β-amino-alcohol motifs (C(OH)–C–C–N with tert-alkyl or cyclic N) is 1. The molecule has 0 bridgehead atoms. The van der Waals surface area contributed by atoms with E-state index >= 15 is 0 Å². The molecule has 4 heteroatoms. The highest BCUT2D eigenvalue weighted by atomic mass is 16.3. The predicted octanol–water partition coefficient (Wildman–Crippen LogP) is 1.98. The van der Waals surface area contributed by atoms with Gasteiger partial charge in [-0.15, -0.1) is 0 Å². The highest BCUT2D eigenvalue weighted by Gasteiger charge is 2.19. The van der Waals surface area contributed by atoms with Crippen LogP contribution in [0.5, 0.6) is 0 Å². The van der Waals surface area contributed by atoms with Gasteiger partial charge in [0.05, 0.1) is 6.10 Å². The van der Waals surface area contributed by atoms with Crippen LogP contribution in [0.25, 0.3) is 0 Å². The third kappa shape index (κ3) is 4.86. The van der Waals surface area contributed by atoms with E-state index in [1.54, 1.807) is 0 Å². The third-order valence-electron chi connectivity index (χ3n) is 4.55. The Bertz CT molecular complexity index is 568. The monoisotopic (exact) mass is 311 g/mol. The van der Waals surface area contributed by atoms with Gasteiger partial charge in [0.1, 0.15) is 0 Å². The number of benzene rings is 1. The van der Waals surface area contributed by atoms with Crippen LogP contribution in [0.2, 0.25) is 0 Å². The molecule has 0 amide bonds. The number of aliphatic hydroxyl groups excluding tert-OH is 1. The first-order valence-electron chi connectivity index (χ1n) is 8.38. The lowest BCUT2D eigenvalue weighted by Crippen LogP contribution is -2.47. The number of rotatable bonds is 6. The maximum Gasteiger partial charge on any atom is 0.0916 e. The fourth-order valence-corrected chi connectivity index (χ4v) is 3.06. The van der Waals surface area contributed by atoms with E-state index in [4.69, 9.17) is 0 Å². The van der Waals surface area contributed by atoms with Gasteiger partial charge in [0.2, 0.25) is 0 Å². The maximum atomic E-state index is 10.3. The average Bonchev–Trinajstić information content (AvgIpc) is 2.63. The van der Waals surface area contributed by atoms with Crippen LogP contribution in [0.1, 0.15) is 17.2 Å². The van der Waals surface area contributed by atoms with Crippen molar-refractivity contribution in [1.29, 1.82) is 0 Å². The van der Waals surface area contributed by atoms with Gasteiger partial charge in [0.25, 0.3) is 0 Å². The molecule has 1 aliphatic rings. The second-order valence-electron chi connectivity index (χ2n) is 6.17. The van der Waals surface area contributed by atoms with Crippen LogP contribution in [-0.4, -0.2) is 59.2 Å². The lowest BCUT2D eigenvalue weighted by atomic mass is 10.1. The van der Waals surface area contributed by atoms with Crippen molar-refractivity contribution in [3.63, 3.8) is 0 Å². The van der Waals surface area contributed by atoms with E-state index in [9.17, 15) is 5.11 Å². The van der Waals surface area contributed by atoms with Gasteiger partial charge in [0, 0.05) is 51.7 Å². The first kappa shape index (κ1) is 16.1. The Labute approximate surface area is 138 Å². The van der Waals surface area contributed by atoms with E-state index in [-0.39, 0.29) is 6.10 Å². The van der Waals surface area contributed by atoms with Crippen LogP contribution >= 0.6 is 0 Å². The van der Waals surface area contributed by atoms with Crippen LogP contribution in [0.4, 0.5) is 0 Å². The molecule has 122 valence electrons. The molecular formula is C19H25N3O. The molecule has 0 aliphatic carbocycles. The molecule has 3 rings (SSSR count). The molecule has 0 unspecified atom stereocenters. The lowest BCUT2D eigenvalue weighted by molar-refractivity contribution is 0.0730. The minimum Gasteiger partial charge on any atom is -0.387 e. The lowest BCUT2D eigenvalue weighted by Gasteiger charge is -2.35. The quantitative estimate of drug-likeness (QED) is 0.885. The van der Waals surface area contributed by atoms with Crippen molar-refractivity contribution in [1.82, 2.24) is 14.8 Å². The summed E-state index contributed by atoms with van der Waals surface area (Å²) in [5, 5.41) is 10.3. The van der Waals surface area contributed by atoms with E-state index < -0.39 is 0 Å². The number of aliphatic hydroxyl groups is 1. The van der Waals surface area contributed by atoms with Crippen molar-refractivity contribution in [2.45, 2.75) is 12.5 Å². The SMILES string of the molecule is O[C@@H](CN1CCN(CCc2ccncc2)CC1)c1ccccc1. The number of hydrogen-bond acceptors (Lipinski definition) is 4. The zero-order valence-electron chi connectivity index (χ0n) is 13.5. The summed E-state index contributed by atoms with van der Waals surface area (Å²) in [7, 11) is 0. The Balaban J connectivity index is 1.40. The summed E-state index contributed by atoms with van der Waals surface area (Å²) in [4.78, 5) is 8.93. The predicted molar refractivity (Wildman–Crippen MR) is 92.2 cm³/mol. The van der Waals surface area contributed by atoms with E-state index in [1.165, 1.54) is 5.56 Å². The van der Waals surface area contributed by atoms with E-state index in [1.807, 2.05) is 42.7 Å². The van der Waals surface area contributed by atoms with Crippen molar-refractivity contribution in [3.8, 4) is 0 Å². The van der Waals surface area contributed by atoms with Crippen molar-refractivity contribution >= 4 is 0 Å². The zero-order valence-corrected chi connectivity index (χ0v) is 13.5. The molecule has 23 heavy (non-hydrogen) atoms. The summed E-state index contributed by atoms with van der Waals surface area (Å²) in [6, 6.07) is 14.1. The second-order valence-corrected chi connectivity index (χ2v) is 6.17. The van der Waals surface area contributed by atoms with Gasteiger partial charge in [-0.2, -0.15) is 0 Å². The summed E-state index contributed by atoms with van der Waals surface area (Å²) >= 11 is 0. The highest BCUT2D eigenvalue weighted by Crippen LogP contribution is 2.15. The fourth-order valence-electron chi connectivity index (χ4n) is 3.06. The Morgan fingerprint density at radius 3 is 2.26 bits per heavy atom. The van der Waals surface area contributed by atoms with Gasteiger partial charge in [-0.1, -0.05) is 30.3 Å². The van der Waals surface area contributed by atoms with Gasteiger partial charge in [-0.3, -0.25) is 9.88 Å². The summed E-state index contributed by atoms with van der Waals surface area (Å²) in [5.41, 5.74) is 2.36. The molecule has 2 aromatic rings. The largest absolute Gasteiger partial charge is 0.387 e. The van der Waals surface area contributed by atoms with Crippen molar-refractivity contribution in [3.05, 3.63) is 66.0 Å². The number of hydrogen-bond donors (Lipinski definition) is 1. The molecule has 1 saturated heterocycles. The highest BCUT2D eigenvalue weighted by molar-refractivity contribution is 5.17. The van der Waals surface area contributed by atoms with Gasteiger partial charge < -0.3 is 10.0 Å². The third-order valence-corrected chi connectivity index (χ3v) is 4.55. The number of aromatic nitrogens is 1. The second kappa shape index (κ2) is 8.20. The molecule has 0 saturated carbocycles.